The predicted molar refractivity (Wildman–Crippen MR) is 81.0 cm³/mol. The van der Waals surface area contributed by atoms with Gasteiger partial charge in [-0.05, 0) is 10.9 Å². The number of benzene rings is 2. The number of carbonyl (C=O) groups excluding carboxylic acids is 1. The molecule has 4 N–H and O–H groups in total. The number of carbonyl (C=O) groups is 1. The molecule has 5 heteroatoms. The smallest absolute Gasteiger partial charge is 0.429 e. The molecule has 0 aliphatic rings. The summed E-state index contributed by atoms with van der Waals surface area (Å²) in [4.78, 5) is 11.9. The molecule has 0 amide bonds. The molecule has 2 aromatic carbocycles. The van der Waals surface area contributed by atoms with Crippen LogP contribution in [-0.4, -0.2) is 25.5 Å². The summed E-state index contributed by atoms with van der Waals surface area (Å²) < 4.78 is 5.53. The molecule has 0 aliphatic carbocycles. The normalized spacial score (nSPS) is 11.7. The molecule has 0 fully saturated rings. The Balaban J connectivity index is 2.28. The molecule has 0 bridgehead atoms. The van der Waals surface area contributed by atoms with Crippen LogP contribution < -0.4 is 22.4 Å². The van der Waals surface area contributed by atoms with Crippen LogP contribution in [0.4, 0.5) is 0 Å². The third-order valence-electron chi connectivity index (χ3n) is 3.00. The Bertz CT molecular complexity index is 509. The fourth-order valence-electron chi connectivity index (χ4n) is 1.88. The van der Waals surface area contributed by atoms with Gasteiger partial charge in [-0.1, -0.05) is 60.7 Å². The summed E-state index contributed by atoms with van der Waals surface area (Å²) in [5.74, 6) is -0.495. The lowest BCUT2D eigenvalue weighted by Gasteiger charge is -2.17. The van der Waals surface area contributed by atoms with E-state index in [1.165, 1.54) is 0 Å². The van der Waals surface area contributed by atoms with Crippen LogP contribution in [0.15, 0.2) is 60.7 Å². The van der Waals surface area contributed by atoms with Gasteiger partial charge in [-0.25, -0.2) is 0 Å². The highest BCUT2D eigenvalue weighted by atomic mass is 16.5. The highest BCUT2D eigenvalue weighted by molar-refractivity contribution is 6.81. The van der Waals surface area contributed by atoms with Gasteiger partial charge in [0.25, 0.3) is 0 Å². The monoisotopic (exact) mass is 268 g/mol. The van der Waals surface area contributed by atoms with E-state index in [0.29, 0.717) is 0 Å². The van der Waals surface area contributed by atoms with E-state index in [0.717, 1.165) is 10.9 Å². The molecular formula is C15H17BN2O2. The second-order valence-electron chi connectivity index (χ2n) is 4.48. The van der Waals surface area contributed by atoms with Crippen LogP contribution in [-0.2, 0) is 9.45 Å². The maximum atomic E-state index is 11.9. The maximum Gasteiger partial charge on any atom is 0.429 e. The molecule has 1 unspecified atom stereocenters. The van der Waals surface area contributed by atoms with Crippen molar-refractivity contribution in [1.29, 1.82) is 0 Å². The Labute approximate surface area is 118 Å². The molecule has 102 valence electrons. The SMILES string of the molecule is NCC(N)C(=O)OB(c1ccccc1)c1ccccc1. The first kappa shape index (κ1) is 14.3. The van der Waals surface area contributed by atoms with E-state index in [-0.39, 0.29) is 6.54 Å². The van der Waals surface area contributed by atoms with E-state index < -0.39 is 18.9 Å². The van der Waals surface area contributed by atoms with Crippen molar-refractivity contribution >= 4 is 23.8 Å². The lowest BCUT2D eigenvalue weighted by Crippen LogP contribution is -2.50. The molecule has 2 aromatic rings. The number of rotatable bonds is 5. The molecule has 0 saturated heterocycles. The molecule has 0 radical (unpaired) electrons. The third kappa shape index (κ3) is 3.47. The second kappa shape index (κ2) is 6.89. The standard InChI is InChI=1S/C15H17BN2O2/c17-11-14(18)15(19)20-16(12-7-3-1-4-8-12)13-9-5-2-6-10-13/h1-10,14H,11,17-18H2. The highest BCUT2D eigenvalue weighted by Crippen LogP contribution is 1.96. The number of hydrogen-bond acceptors (Lipinski definition) is 4. The van der Waals surface area contributed by atoms with Crippen molar-refractivity contribution in [3.8, 4) is 0 Å². The fraction of sp³-hybridized carbons (Fsp3) is 0.133. The van der Waals surface area contributed by atoms with Crippen LogP contribution in [0.2, 0.25) is 0 Å². The van der Waals surface area contributed by atoms with Crippen molar-refractivity contribution in [2.75, 3.05) is 6.54 Å². The molecule has 0 heterocycles. The molecule has 0 spiro atoms. The summed E-state index contributed by atoms with van der Waals surface area (Å²) >= 11 is 0. The quantitative estimate of drug-likeness (QED) is 0.725. The van der Waals surface area contributed by atoms with Crippen LogP contribution in [0, 0.1) is 0 Å². The van der Waals surface area contributed by atoms with Crippen LogP contribution in [0.25, 0.3) is 0 Å². The highest BCUT2D eigenvalue weighted by Gasteiger charge is 2.27. The van der Waals surface area contributed by atoms with E-state index in [9.17, 15) is 4.79 Å². The van der Waals surface area contributed by atoms with E-state index in [4.69, 9.17) is 16.1 Å². The maximum absolute atomic E-state index is 11.9. The van der Waals surface area contributed by atoms with Crippen LogP contribution in [0.1, 0.15) is 0 Å². The Kier molecular flexibility index (Phi) is 4.93. The zero-order chi connectivity index (χ0) is 14.4. The summed E-state index contributed by atoms with van der Waals surface area (Å²) in [5, 5.41) is 0. The van der Waals surface area contributed by atoms with Gasteiger partial charge in [-0.3, -0.25) is 4.79 Å². The first-order valence-electron chi connectivity index (χ1n) is 6.48. The second-order valence-corrected chi connectivity index (χ2v) is 4.48. The van der Waals surface area contributed by atoms with Gasteiger partial charge >= 0.3 is 12.9 Å². The van der Waals surface area contributed by atoms with Gasteiger partial charge in [0.2, 0.25) is 0 Å². The average Bonchev–Trinajstić information content (AvgIpc) is 2.53. The fourth-order valence-corrected chi connectivity index (χ4v) is 1.88. The number of nitrogens with two attached hydrogens (primary N) is 2. The van der Waals surface area contributed by atoms with Gasteiger partial charge in [-0.15, -0.1) is 0 Å². The summed E-state index contributed by atoms with van der Waals surface area (Å²) in [6.07, 6.45) is 0. The minimum absolute atomic E-state index is 0.0646. The largest absolute Gasteiger partial charge is 0.525 e. The van der Waals surface area contributed by atoms with Crippen molar-refractivity contribution in [3.63, 3.8) is 0 Å². The minimum atomic E-state index is -0.801. The summed E-state index contributed by atoms with van der Waals surface area (Å²) in [7, 11) is 0. The lowest BCUT2D eigenvalue weighted by molar-refractivity contribution is -0.135. The minimum Gasteiger partial charge on any atom is -0.525 e. The molecule has 20 heavy (non-hydrogen) atoms. The Morgan fingerprint density at radius 2 is 1.45 bits per heavy atom. The van der Waals surface area contributed by atoms with Crippen molar-refractivity contribution in [1.82, 2.24) is 0 Å². The molecule has 0 aromatic heterocycles. The van der Waals surface area contributed by atoms with Crippen LogP contribution in [0.5, 0.6) is 0 Å². The molecule has 0 aliphatic heterocycles. The molecule has 2 rings (SSSR count). The van der Waals surface area contributed by atoms with Gasteiger partial charge < -0.3 is 16.1 Å². The van der Waals surface area contributed by atoms with Gasteiger partial charge in [0.1, 0.15) is 6.04 Å². The first-order chi connectivity index (χ1) is 9.72. The molecule has 4 nitrogen and oxygen atoms in total. The molecular weight excluding hydrogens is 251 g/mol. The third-order valence-corrected chi connectivity index (χ3v) is 3.00. The van der Waals surface area contributed by atoms with E-state index in [2.05, 4.69) is 0 Å². The van der Waals surface area contributed by atoms with Crippen molar-refractivity contribution in [3.05, 3.63) is 60.7 Å². The Hall–Kier alpha value is -2.11. The van der Waals surface area contributed by atoms with E-state index in [1.54, 1.807) is 0 Å². The predicted octanol–water partition coefficient (Wildman–Crippen LogP) is -0.378. The van der Waals surface area contributed by atoms with Crippen molar-refractivity contribution in [2.24, 2.45) is 11.5 Å². The topological polar surface area (TPSA) is 78.3 Å². The Morgan fingerprint density at radius 3 is 1.85 bits per heavy atom. The summed E-state index contributed by atoms with van der Waals surface area (Å²) in [5.41, 5.74) is 12.8. The summed E-state index contributed by atoms with van der Waals surface area (Å²) in [6, 6.07) is 18.3. The first-order valence-corrected chi connectivity index (χ1v) is 6.48. The lowest BCUT2D eigenvalue weighted by atomic mass is 9.55. The van der Waals surface area contributed by atoms with Crippen molar-refractivity contribution < 1.29 is 9.45 Å². The zero-order valence-corrected chi connectivity index (χ0v) is 11.1. The van der Waals surface area contributed by atoms with Gasteiger partial charge in [0.05, 0.1) is 0 Å². The van der Waals surface area contributed by atoms with Crippen LogP contribution >= 0.6 is 0 Å². The van der Waals surface area contributed by atoms with Gasteiger partial charge in [0, 0.05) is 6.54 Å². The van der Waals surface area contributed by atoms with Gasteiger partial charge in [-0.2, -0.15) is 0 Å². The van der Waals surface area contributed by atoms with Gasteiger partial charge in [0.15, 0.2) is 0 Å². The average molecular weight is 268 g/mol. The van der Waals surface area contributed by atoms with E-state index >= 15 is 0 Å². The van der Waals surface area contributed by atoms with E-state index in [1.807, 2.05) is 60.7 Å². The number of hydrogen-bond donors (Lipinski definition) is 2. The zero-order valence-electron chi connectivity index (χ0n) is 11.1. The Morgan fingerprint density at radius 1 is 1.00 bits per heavy atom. The molecule has 0 saturated carbocycles. The summed E-state index contributed by atoms with van der Waals surface area (Å²) in [6.45, 7) is -0.405. The molecule has 1 atom stereocenters. The van der Waals surface area contributed by atoms with Crippen LogP contribution in [0.3, 0.4) is 0 Å². The van der Waals surface area contributed by atoms with Crippen molar-refractivity contribution in [2.45, 2.75) is 6.04 Å².